The zero-order chi connectivity index (χ0) is 8.97. The standard InChI is InChI=1S/C7H13N3O2/c8-6(11)4-10-7(12)1-5-2-9-3-5/h5,9H,1-4H2,(H2,8,11)(H,10,12). The van der Waals surface area contributed by atoms with Crippen LogP contribution in [0.3, 0.4) is 0 Å². The van der Waals surface area contributed by atoms with Crippen LogP contribution >= 0.6 is 0 Å². The molecule has 1 fully saturated rings. The molecule has 0 aromatic heterocycles. The summed E-state index contributed by atoms with van der Waals surface area (Å²) >= 11 is 0. The Hall–Kier alpha value is -1.10. The van der Waals surface area contributed by atoms with Gasteiger partial charge in [0.15, 0.2) is 0 Å². The zero-order valence-electron chi connectivity index (χ0n) is 6.80. The molecule has 0 saturated carbocycles. The summed E-state index contributed by atoms with van der Waals surface area (Å²) in [4.78, 5) is 21.3. The average molecular weight is 171 g/mol. The lowest BCUT2D eigenvalue weighted by atomic mass is 9.99. The summed E-state index contributed by atoms with van der Waals surface area (Å²) in [5.41, 5.74) is 4.85. The summed E-state index contributed by atoms with van der Waals surface area (Å²) in [6.07, 6.45) is 0.486. The predicted molar refractivity (Wildman–Crippen MR) is 43.2 cm³/mol. The summed E-state index contributed by atoms with van der Waals surface area (Å²) in [6.45, 7) is 1.73. The van der Waals surface area contributed by atoms with E-state index in [9.17, 15) is 9.59 Å². The number of amides is 2. The first-order valence-corrected chi connectivity index (χ1v) is 3.94. The number of rotatable bonds is 4. The quantitative estimate of drug-likeness (QED) is 0.466. The zero-order valence-corrected chi connectivity index (χ0v) is 6.80. The van der Waals surface area contributed by atoms with Crippen LogP contribution in [0.5, 0.6) is 0 Å². The molecule has 5 nitrogen and oxygen atoms in total. The number of carbonyl (C=O) groups is 2. The first-order valence-electron chi connectivity index (χ1n) is 3.94. The molecule has 1 rings (SSSR count). The molecule has 5 heteroatoms. The van der Waals surface area contributed by atoms with Gasteiger partial charge >= 0.3 is 0 Å². The largest absolute Gasteiger partial charge is 0.368 e. The summed E-state index contributed by atoms with van der Waals surface area (Å²) < 4.78 is 0. The van der Waals surface area contributed by atoms with Crippen LogP contribution in [0, 0.1) is 5.92 Å². The van der Waals surface area contributed by atoms with Gasteiger partial charge in [-0.05, 0) is 19.0 Å². The number of carbonyl (C=O) groups excluding carboxylic acids is 2. The van der Waals surface area contributed by atoms with E-state index in [-0.39, 0.29) is 12.5 Å². The highest BCUT2D eigenvalue weighted by Gasteiger charge is 2.19. The van der Waals surface area contributed by atoms with Crippen molar-refractivity contribution in [3.05, 3.63) is 0 Å². The van der Waals surface area contributed by atoms with Crippen LogP contribution in [0.2, 0.25) is 0 Å². The Morgan fingerprint density at radius 1 is 1.50 bits per heavy atom. The van der Waals surface area contributed by atoms with Gasteiger partial charge in [-0.2, -0.15) is 0 Å². The second-order valence-electron chi connectivity index (χ2n) is 2.97. The lowest BCUT2D eigenvalue weighted by molar-refractivity contribution is -0.125. The Labute approximate surface area is 70.7 Å². The molecule has 1 saturated heterocycles. The molecule has 68 valence electrons. The minimum Gasteiger partial charge on any atom is -0.368 e. The summed E-state index contributed by atoms with van der Waals surface area (Å²) in [5, 5.41) is 5.50. The van der Waals surface area contributed by atoms with Crippen molar-refractivity contribution < 1.29 is 9.59 Å². The fourth-order valence-electron chi connectivity index (χ4n) is 1.01. The third kappa shape index (κ3) is 2.87. The molecule has 0 aliphatic carbocycles. The molecule has 4 N–H and O–H groups in total. The van der Waals surface area contributed by atoms with Crippen molar-refractivity contribution in [2.24, 2.45) is 11.7 Å². The Bertz CT molecular complexity index is 189. The van der Waals surface area contributed by atoms with Crippen LogP contribution < -0.4 is 16.4 Å². The first kappa shape index (κ1) is 8.99. The highest BCUT2D eigenvalue weighted by atomic mass is 16.2. The van der Waals surface area contributed by atoms with Gasteiger partial charge in [0.2, 0.25) is 11.8 Å². The molecule has 1 aliphatic rings. The van der Waals surface area contributed by atoms with Crippen LogP contribution in [-0.2, 0) is 9.59 Å². The van der Waals surface area contributed by atoms with Crippen LogP contribution in [0.25, 0.3) is 0 Å². The van der Waals surface area contributed by atoms with E-state index in [1.807, 2.05) is 0 Å². The van der Waals surface area contributed by atoms with Crippen molar-refractivity contribution in [2.75, 3.05) is 19.6 Å². The highest BCUT2D eigenvalue weighted by molar-refractivity contribution is 5.83. The third-order valence-electron chi connectivity index (χ3n) is 1.80. The smallest absolute Gasteiger partial charge is 0.236 e. The van der Waals surface area contributed by atoms with Gasteiger partial charge in [0.05, 0.1) is 6.54 Å². The Balaban J connectivity index is 2.06. The van der Waals surface area contributed by atoms with Crippen molar-refractivity contribution in [3.8, 4) is 0 Å². The molecule has 1 heterocycles. The van der Waals surface area contributed by atoms with E-state index < -0.39 is 5.91 Å². The van der Waals surface area contributed by atoms with Gasteiger partial charge in [0.1, 0.15) is 0 Å². The fraction of sp³-hybridized carbons (Fsp3) is 0.714. The molecule has 0 bridgehead atoms. The number of primary amides is 1. The van der Waals surface area contributed by atoms with E-state index in [0.717, 1.165) is 13.1 Å². The number of hydrogen-bond donors (Lipinski definition) is 3. The molecule has 0 aromatic carbocycles. The van der Waals surface area contributed by atoms with E-state index >= 15 is 0 Å². The second-order valence-corrected chi connectivity index (χ2v) is 2.97. The lowest BCUT2D eigenvalue weighted by Gasteiger charge is -2.26. The van der Waals surface area contributed by atoms with Gasteiger partial charge in [0, 0.05) is 6.42 Å². The molecule has 1 aliphatic heterocycles. The molecular formula is C7H13N3O2. The van der Waals surface area contributed by atoms with Gasteiger partial charge in [-0.25, -0.2) is 0 Å². The molecule has 0 atom stereocenters. The summed E-state index contributed by atoms with van der Waals surface area (Å²) in [6, 6.07) is 0. The van der Waals surface area contributed by atoms with E-state index in [1.165, 1.54) is 0 Å². The molecule has 0 radical (unpaired) electrons. The van der Waals surface area contributed by atoms with Crippen LogP contribution in [0.4, 0.5) is 0 Å². The second kappa shape index (κ2) is 4.06. The minimum absolute atomic E-state index is 0.0566. The highest BCUT2D eigenvalue weighted by Crippen LogP contribution is 2.06. The van der Waals surface area contributed by atoms with E-state index in [2.05, 4.69) is 10.6 Å². The van der Waals surface area contributed by atoms with E-state index in [4.69, 9.17) is 5.73 Å². The predicted octanol–water partition coefficient (Wildman–Crippen LogP) is -1.80. The number of nitrogens with one attached hydrogen (secondary N) is 2. The van der Waals surface area contributed by atoms with Crippen molar-refractivity contribution >= 4 is 11.8 Å². The number of nitrogens with two attached hydrogens (primary N) is 1. The minimum atomic E-state index is -0.505. The molecule has 2 amide bonds. The van der Waals surface area contributed by atoms with Gasteiger partial charge in [-0.1, -0.05) is 0 Å². The topological polar surface area (TPSA) is 84.2 Å². The average Bonchev–Trinajstić information content (AvgIpc) is 1.93. The van der Waals surface area contributed by atoms with Crippen molar-refractivity contribution in [2.45, 2.75) is 6.42 Å². The first-order chi connectivity index (χ1) is 5.68. The molecule has 12 heavy (non-hydrogen) atoms. The van der Waals surface area contributed by atoms with Crippen molar-refractivity contribution in [1.29, 1.82) is 0 Å². The normalized spacial score (nSPS) is 16.7. The molecule has 0 spiro atoms. The van der Waals surface area contributed by atoms with Gasteiger partial charge in [0.25, 0.3) is 0 Å². The van der Waals surface area contributed by atoms with Gasteiger partial charge in [-0.15, -0.1) is 0 Å². The van der Waals surface area contributed by atoms with Crippen molar-refractivity contribution in [3.63, 3.8) is 0 Å². The van der Waals surface area contributed by atoms with E-state index in [0.29, 0.717) is 12.3 Å². The number of hydrogen-bond acceptors (Lipinski definition) is 3. The van der Waals surface area contributed by atoms with Crippen molar-refractivity contribution in [1.82, 2.24) is 10.6 Å². The Morgan fingerprint density at radius 2 is 2.17 bits per heavy atom. The van der Waals surface area contributed by atoms with Gasteiger partial charge in [-0.3, -0.25) is 9.59 Å². The Morgan fingerprint density at radius 3 is 2.58 bits per heavy atom. The SMILES string of the molecule is NC(=O)CNC(=O)CC1CNC1. The fourth-order valence-corrected chi connectivity index (χ4v) is 1.01. The van der Waals surface area contributed by atoms with Crippen LogP contribution in [0.15, 0.2) is 0 Å². The summed E-state index contributed by atoms with van der Waals surface area (Å²) in [5.74, 6) is -0.173. The molecule has 0 aromatic rings. The monoisotopic (exact) mass is 171 g/mol. The van der Waals surface area contributed by atoms with Crippen LogP contribution in [0.1, 0.15) is 6.42 Å². The van der Waals surface area contributed by atoms with Crippen LogP contribution in [-0.4, -0.2) is 31.4 Å². The van der Waals surface area contributed by atoms with Gasteiger partial charge < -0.3 is 16.4 Å². The van der Waals surface area contributed by atoms with E-state index in [1.54, 1.807) is 0 Å². The summed E-state index contributed by atoms with van der Waals surface area (Å²) in [7, 11) is 0. The maximum absolute atomic E-state index is 11.0. The Kier molecular flexibility index (Phi) is 3.04. The molecular weight excluding hydrogens is 158 g/mol. The maximum atomic E-state index is 11.0. The third-order valence-corrected chi connectivity index (χ3v) is 1.80. The molecule has 0 unspecified atom stereocenters. The lowest BCUT2D eigenvalue weighted by Crippen LogP contribution is -2.45. The maximum Gasteiger partial charge on any atom is 0.236 e.